The van der Waals surface area contributed by atoms with Gasteiger partial charge in [-0.05, 0) is 54.8 Å². The molecule has 0 saturated heterocycles. The van der Waals surface area contributed by atoms with Crippen molar-refractivity contribution in [1.82, 2.24) is 10.0 Å². The van der Waals surface area contributed by atoms with Crippen molar-refractivity contribution >= 4 is 31.9 Å². The Morgan fingerprint density at radius 1 is 1.00 bits per heavy atom. The van der Waals surface area contributed by atoms with E-state index in [1.165, 1.54) is 12.8 Å². The maximum absolute atomic E-state index is 12.3. The molecule has 2 N–H and O–H groups in total. The van der Waals surface area contributed by atoms with Crippen LogP contribution in [0.5, 0.6) is 0 Å². The van der Waals surface area contributed by atoms with Gasteiger partial charge in [0.05, 0.1) is 4.90 Å². The van der Waals surface area contributed by atoms with Crippen LogP contribution in [0, 0.1) is 0 Å². The van der Waals surface area contributed by atoms with Crippen molar-refractivity contribution in [3.63, 3.8) is 0 Å². The molecule has 0 heterocycles. The van der Waals surface area contributed by atoms with Gasteiger partial charge in [-0.2, -0.15) is 0 Å². The van der Waals surface area contributed by atoms with E-state index in [-0.39, 0.29) is 23.4 Å². The topological polar surface area (TPSA) is 75.3 Å². The second-order valence-corrected chi connectivity index (χ2v) is 9.11. The van der Waals surface area contributed by atoms with Crippen LogP contribution in [-0.2, 0) is 16.6 Å². The van der Waals surface area contributed by atoms with E-state index in [0.29, 0.717) is 5.56 Å². The molecule has 2 aromatic rings. The SMILES string of the molecule is O=C(NC1CCCC1)c1ccc(CNS(=O)(=O)c2ccc(Br)cc2)cc1. The normalized spacial score (nSPS) is 15.1. The number of carbonyl (C=O) groups excluding carboxylic acids is 1. The van der Waals surface area contributed by atoms with Crippen molar-refractivity contribution in [3.8, 4) is 0 Å². The third-order valence-corrected chi connectivity index (χ3v) is 6.44. The molecule has 7 heteroatoms. The van der Waals surface area contributed by atoms with Gasteiger partial charge in [-0.1, -0.05) is 40.9 Å². The van der Waals surface area contributed by atoms with Gasteiger partial charge in [0, 0.05) is 22.6 Å². The van der Waals surface area contributed by atoms with Crippen LogP contribution in [0.3, 0.4) is 0 Å². The van der Waals surface area contributed by atoms with Crippen molar-refractivity contribution in [1.29, 1.82) is 0 Å². The van der Waals surface area contributed by atoms with E-state index in [2.05, 4.69) is 26.0 Å². The zero-order valence-corrected chi connectivity index (χ0v) is 16.6. The third-order valence-electron chi connectivity index (χ3n) is 4.50. The summed E-state index contributed by atoms with van der Waals surface area (Å²) in [7, 11) is -3.57. The summed E-state index contributed by atoms with van der Waals surface area (Å²) in [6.07, 6.45) is 4.42. The molecule has 1 fully saturated rings. The smallest absolute Gasteiger partial charge is 0.251 e. The van der Waals surface area contributed by atoms with Crippen molar-refractivity contribution in [2.24, 2.45) is 0 Å². The number of carbonyl (C=O) groups is 1. The lowest BCUT2D eigenvalue weighted by atomic mass is 10.1. The van der Waals surface area contributed by atoms with Crippen LogP contribution in [0.4, 0.5) is 0 Å². The van der Waals surface area contributed by atoms with Crippen LogP contribution in [0.15, 0.2) is 57.9 Å². The van der Waals surface area contributed by atoms with Gasteiger partial charge in [0.15, 0.2) is 0 Å². The minimum atomic E-state index is -3.57. The molecule has 0 aromatic heterocycles. The molecule has 26 heavy (non-hydrogen) atoms. The number of nitrogens with one attached hydrogen (secondary N) is 2. The number of rotatable bonds is 6. The highest BCUT2D eigenvalue weighted by Crippen LogP contribution is 2.18. The molecule has 0 unspecified atom stereocenters. The zero-order chi connectivity index (χ0) is 18.6. The first-order chi connectivity index (χ1) is 12.4. The zero-order valence-electron chi connectivity index (χ0n) is 14.2. The summed E-state index contributed by atoms with van der Waals surface area (Å²) in [6, 6.07) is 13.7. The fourth-order valence-electron chi connectivity index (χ4n) is 2.99. The summed E-state index contributed by atoms with van der Waals surface area (Å²) in [5, 5.41) is 3.04. The Bertz CT molecular complexity index is 859. The van der Waals surface area contributed by atoms with Crippen molar-refractivity contribution < 1.29 is 13.2 Å². The molecular weight excluding hydrogens is 416 g/mol. The van der Waals surface area contributed by atoms with Crippen LogP contribution in [0.2, 0.25) is 0 Å². The Kier molecular flexibility index (Phi) is 6.11. The second kappa shape index (κ2) is 8.33. The molecule has 0 atom stereocenters. The van der Waals surface area contributed by atoms with Crippen LogP contribution in [-0.4, -0.2) is 20.4 Å². The third kappa shape index (κ3) is 4.93. The molecule has 5 nitrogen and oxygen atoms in total. The van der Waals surface area contributed by atoms with Gasteiger partial charge in [0.1, 0.15) is 0 Å². The van der Waals surface area contributed by atoms with E-state index in [1.54, 1.807) is 48.5 Å². The summed E-state index contributed by atoms with van der Waals surface area (Å²) >= 11 is 3.29. The van der Waals surface area contributed by atoms with Crippen LogP contribution >= 0.6 is 15.9 Å². The number of hydrogen-bond donors (Lipinski definition) is 2. The Labute approximate surface area is 162 Å². The molecule has 1 aliphatic rings. The highest BCUT2D eigenvalue weighted by molar-refractivity contribution is 9.10. The van der Waals surface area contributed by atoms with Crippen molar-refractivity contribution in [2.45, 2.75) is 43.2 Å². The van der Waals surface area contributed by atoms with Crippen LogP contribution < -0.4 is 10.0 Å². The van der Waals surface area contributed by atoms with E-state index in [0.717, 1.165) is 22.9 Å². The number of benzene rings is 2. The van der Waals surface area contributed by atoms with E-state index in [9.17, 15) is 13.2 Å². The second-order valence-electron chi connectivity index (χ2n) is 6.43. The van der Waals surface area contributed by atoms with E-state index >= 15 is 0 Å². The van der Waals surface area contributed by atoms with Crippen LogP contribution in [0.25, 0.3) is 0 Å². The minimum Gasteiger partial charge on any atom is -0.349 e. The Balaban J connectivity index is 1.58. The predicted molar refractivity (Wildman–Crippen MR) is 104 cm³/mol. The van der Waals surface area contributed by atoms with Gasteiger partial charge in [0.2, 0.25) is 10.0 Å². The van der Waals surface area contributed by atoms with Gasteiger partial charge in [-0.25, -0.2) is 13.1 Å². The Morgan fingerprint density at radius 2 is 1.62 bits per heavy atom. The predicted octanol–water partition coefficient (Wildman–Crippen LogP) is 3.60. The lowest BCUT2D eigenvalue weighted by Crippen LogP contribution is -2.32. The highest BCUT2D eigenvalue weighted by atomic mass is 79.9. The quantitative estimate of drug-likeness (QED) is 0.725. The first-order valence-corrected chi connectivity index (χ1v) is 10.9. The fraction of sp³-hybridized carbons (Fsp3) is 0.316. The van der Waals surface area contributed by atoms with Crippen LogP contribution in [0.1, 0.15) is 41.6 Å². The van der Waals surface area contributed by atoms with Gasteiger partial charge in [0.25, 0.3) is 5.91 Å². The molecule has 0 aliphatic heterocycles. The van der Waals surface area contributed by atoms with Gasteiger partial charge < -0.3 is 5.32 Å². The average molecular weight is 437 g/mol. The summed E-state index contributed by atoms with van der Waals surface area (Å²) in [4.78, 5) is 12.4. The average Bonchev–Trinajstić information content (AvgIpc) is 3.14. The lowest BCUT2D eigenvalue weighted by molar-refractivity contribution is 0.0938. The maximum atomic E-state index is 12.3. The molecular formula is C19H21BrN2O3S. The Morgan fingerprint density at radius 3 is 2.23 bits per heavy atom. The van der Waals surface area contributed by atoms with Gasteiger partial charge in [-0.15, -0.1) is 0 Å². The number of amides is 1. The van der Waals surface area contributed by atoms with E-state index in [1.807, 2.05) is 0 Å². The van der Waals surface area contributed by atoms with Gasteiger partial charge >= 0.3 is 0 Å². The fourth-order valence-corrected chi connectivity index (χ4v) is 4.27. The van der Waals surface area contributed by atoms with E-state index < -0.39 is 10.0 Å². The van der Waals surface area contributed by atoms with E-state index in [4.69, 9.17) is 0 Å². The molecule has 0 bridgehead atoms. The monoisotopic (exact) mass is 436 g/mol. The number of hydrogen-bond acceptors (Lipinski definition) is 3. The van der Waals surface area contributed by atoms with Gasteiger partial charge in [-0.3, -0.25) is 4.79 Å². The highest BCUT2D eigenvalue weighted by Gasteiger charge is 2.18. The number of halogens is 1. The Hall–Kier alpha value is -1.70. The molecule has 1 aliphatic carbocycles. The summed E-state index contributed by atoms with van der Waals surface area (Å²) in [6.45, 7) is 0.170. The summed E-state index contributed by atoms with van der Waals surface area (Å²) < 4.78 is 28.0. The molecule has 1 amide bonds. The molecule has 2 aromatic carbocycles. The first-order valence-electron chi connectivity index (χ1n) is 8.59. The first kappa shape index (κ1) is 19.1. The number of sulfonamides is 1. The van der Waals surface area contributed by atoms with Crippen molar-refractivity contribution in [3.05, 3.63) is 64.1 Å². The summed E-state index contributed by atoms with van der Waals surface area (Å²) in [5.74, 6) is -0.0705. The maximum Gasteiger partial charge on any atom is 0.251 e. The summed E-state index contributed by atoms with van der Waals surface area (Å²) in [5.41, 5.74) is 1.39. The molecule has 0 spiro atoms. The molecule has 3 rings (SSSR count). The largest absolute Gasteiger partial charge is 0.349 e. The molecule has 138 valence electrons. The minimum absolute atomic E-state index is 0.0705. The molecule has 0 radical (unpaired) electrons. The lowest BCUT2D eigenvalue weighted by Gasteiger charge is -2.12. The standard InChI is InChI=1S/C19H21BrN2O3S/c20-16-9-11-18(12-10-16)26(24,25)21-13-14-5-7-15(8-6-14)19(23)22-17-3-1-2-4-17/h5-12,17,21H,1-4,13H2,(H,22,23). The molecule has 1 saturated carbocycles. The van der Waals surface area contributed by atoms with Crippen molar-refractivity contribution in [2.75, 3.05) is 0 Å².